The van der Waals surface area contributed by atoms with Crippen LogP contribution in [0, 0.1) is 17.3 Å². The van der Waals surface area contributed by atoms with E-state index in [0.717, 1.165) is 44.8 Å². The molecule has 1 N–H and O–H groups in total. The van der Waals surface area contributed by atoms with Crippen molar-refractivity contribution in [2.24, 2.45) is 17.3 Å². The number of hydrogen-bond acceptors (Lipinski definition) is 2. The first-order chi connectivity index (χ1) is 9.12. The van der Waals surface area contributed by atoms with Crippen LogP contribution in [0.2, 0.25) is 0 Å². The van der Waals surface area contributed by atoms with Crippen molar-refractivity contribution in [1.82, 2.24) is 10.2 Å². The average Bonchev–Trinajstić information content (AvgIpc) is 3.02. The molecular formula is C16H28N2O. The molecule has 3 heteroatoms. The highest BCUT2D eigenvalue weighted by atomic mass is 16.2. The Bertz CT molecular complexity index is 347. The van der Waals surface area contributed by atoms with Gasteiger partial charge in [-0.3, -0.25) is 4.79 Å². The molecule has 0 unspecified atom stereocenters. The number of rotatable bonds is 3. The third-order valence-electron chi connectivity index (χ3n) is 5.52. The normalized spacial score (nSPS) is 33.1. The summed E-state index contributed by atoms with van der Waals surface area (Å²) in [6.45, 7) is 7.67. The van der Waals surface area contributed by atoms with Gasteiger partial charge in [0.25, 0.3) is 0 Å². The number of amides is 1. The molecule has 2 aliphatic heterocycles. The molecule has 1 saturated carbocycles. The van der Waals surface area contributed by atoms with Crippen LogP contribution in [0.25, 0.3) is 0 Å². The first-order valence-corrected chi connectivity index (χ1v) is 8.14. The second-order valence-corrected chi connectivity index (χ2v) is 7.36. The molecule has 2 atom stereocenters. The Balaban J connectivity index is 1.77. The maximum atomic E-state index is 13.1. The summed E-state index contributed by atoms with van der Waals surface area (Å²) in [6, 6.07) is 0.497. The van der Waals surface area contributed by atoms with Gasteiger partial charge in [0.15, 0.2) is 0 Å². The van der Waals surface area contributed by atoms with Crippen LogP contribution < -0.4 is 5.32 Å². The fourth-order valence-electron chi connectivity index (χ4n) is 4.74. The first kappa shape index (κ1) is 13.4. The summed E-state index contributed by atoms with van der Waals surface area (Å²) in [5.41, 5.74) is -0.00829. The van der Waals surface area contributed by atoms with Gasteiger partial charge in [-0.2, -0.15) is 0 Å². The van der Waals surface area contributed by atoms with Crippen LogP contribution in [-0.2, 0) is 4.79 Å². The van der Waals surface area contributed by atoms with Crippen LogP contribution in [0.5, 0.6) is 0 Å². The summed E-state index contributed by atoms with van der Waals surface area (Å²) in [5, 5.41) is 3.46. The molecule has 2 heterocycles. The molecule has 0 aromatic rings. The third kappa shape index (κ3) is 2.31. The second kappa shape index (κ2) is 5.08. The quantitative estimate of drug-likeness (QED) is 0.849. The zero-order valence-corrected chi connectivity index (χ0v) is 12.5. The van der Waals surface area contributed by atoms with Gasteiger partial charge in [0.2, 0.25) is 5.91 Å². The number of nitrogens with one attached hydrogen (secondary N) is 1. The minimum absolute atomic E-state index is 0.00829. The largest absolute Gasteiger partial charge is 0.338 e. The summed E-state index contributed by atoms with van der Waals surface area (Å²) in [7, 11) is 0. The summed E-state index contributed by atoms with van der Waals surface area (Å²) in [4.78, 5) is 15.4. The van der Waals surface area contributed by atoms with Crippen molar-refractivity contribution in [3.63, 3.8) is 0 Å². The monoisotopic (exact) mass is 264 g/mol. The fourth-order valence-corrected chi connectivity index (χ4v) is 4.74. The second-order valence-electron chi connectivity index (χ2n) is 7.36. The Morgan fingerprint density at radius 2 is 2.05 bits per heavy atom. The predicted octanol–water partition coefficient (Wildman–Crippen LogP) is 2.41. The number of hydrogen-bond donors (Lipinski definition) is 1. The summed E-state index contributed by atoms with van der Waals surface area (Å²) < 4.78 is 0. The Labute approximate surface area is 117 Å². The van der Waals surface area contributed by atoms with Crippen LogP contribution in [-0.4, -0.2) is 36.5 Å². The van der Waals surface area contributed by atoms with Crippen LogP contribution in [0.3, 0.4) is 0 Å². The number of nitrogens with zero attached hydrogens (tertiary/aromatic N) is 1. The van der Waals surface area contributed by atoms with E-state index in [4.69, 9.17) is 0 Å². The lowest BCUT2D eigenvalue weighted by atomic mass is 9.77. The van der Waals surface area contributed by atoms with Crippen molar-refractivity contribution >= 4 is 5.91 Å². The Morgan fingerprint density at radius 1 is 1.32 bits per heavy atom. The van der Waals surface area contributed by atoms with E-state index >= 15 is 0 Å². The predicted molar refractivity (Wildman–Crippen MR) is 76.8 cm³/mol. The van der Waals surface area contributed by atoms with Crippen LogP contribution >= 0.6 is 0 Å². The number of carbonyl (C=O) groups excluding carboxylic acids is 1. The Kier molecular flexibility index (Phi) is 3.59. The lowest BCUT2D eigenvalue weighted by molar-refractivity contribution is -0.143. The lowest BCUT2D eigenvalue weighted by Gasteiger charge is -2.36. The molecule has 2 saturated heterocycles. The van der Waals surface area contributed by atoms with E-state index in [0.29, 0.717) is 17.9 Å². The van der Waals surface area contributed by atoms with E-state index in [1.54, 1.807) is 0 Å². The maximum Gasteiger partial charge on any atom is 0.229 e. The zero-order valence-electron chi connectivity index (χ0n) is 12.5. The van der Waals surface area contributed by atoms with E-state index in [9.17, 15) is 4.79 Å². The van der Waals surface area contributed by atoms with E-state index in [2.05, 4.69) is 24.1 Å². The highest BCUT2D eigenvalue weighted by Crippen LogP contribution is 2.46. The molecule has 0 radical (unpaired) electrons. The van der Waals surface area contributed by atoms with Gasteiger partial charge in [-0.25, -0.2) is 0 Å². The van der Waals surface area contributed by atoms with E-state index in [-0.39, 0.29) is 5.41 Å². The highest BCUT2D eigenvalue weighted by Gasteiger charge is 2.48. The summed E-state index contributed by atoms with van der Waals surface area (Å²) in [6.07, 6.45) is 7.06. The van der Waals surface area contributed by atoms with Gasteiger partial charge >= 0.3 is 0 Å². The molecule has 0 bridgehead atoms. The summed E-state index contributed by atoms with van der Waals surface area (Å²) >= 11 is 0. The molecular weight excluding hydrogens is 236 g/mol. The number of fused-ring (bicyclic) bond motifs is 1. The molecule has 0 aromatic carbocycles. The molecule has 19 heavy (non-hydrogen) atoms. The lowest BCUT2D eigenvalue weighted by Crippen LogP contribution is -2.47. The fraction of sp³-hybridized carbons (Fsp3) is 0.938. The molecule has 0 aromatic heterocycles. The van der Waals surface area contributed by atoms with Crippen molar-refractivity contribution in [1.29, 1.82) is 0 Å². The van der Waals surface area contributed by atoms with Crippen molar-refractivity contribution < 1.29 is 4.79 Å². The van der Waals surface area contributed by atoms with Crippen molar-refractivity contribution in [2.75, 3.05) is 19.6 Å². The standard InChI is InChI=1S/C16H28N2O/c1-12(2)9-16(6-3-4-7-16)15(19)18-8-5-13-10-17-11-14(13)18/h12-14,17H,3-11H2,1-2H3/t13-,14+/m0/s1. The van der Waals surface area contributed by atoms with Gasteiger partial charge in [0.05, 0.1) is 0 Å². The van der Waals surface area contributed by atoms with Crippen molar-refractivity contribution in [2.45, 2.75) is 58.4 Å². The smallest absolute Gasteiger partial charge is 0.229 e. The van der Waals surface area contributed by atoms with Gasteiger partial charge in [0.1, 0.15) is 0 Å². The Morgan fingerprint density at radius 3 is 2.74 bits per heavy atom. The van der Waals surface area contributed by atoms with Crippen molar-refractivity contribution in [3.8, 4) is 0 Å². The van der Waals surface area contributed by atoms with E-state index in [1.807, 2.05) is 0 Å². The Hall–Kier alpha value is -0.570. The van der Waals surface area contributed by atoms with Gasteiger partial charge in [-0.05, 0) is 37.5 Å². The maximum absolute atomic E-state index is 13.1. The summed E-state index contributed by atoms with van der Waals surface area (Å²) in [5.74, 6) is 1.85. The number of carbonyl (C=O) groups is 1. The molecule has 3 aliphatic rings. The minimum Gasteiger partial charge on any atom is -0.338 e. The van der Waals surface area contributed by atoms with Crippen molar-refractivity contribution in [3.05, 3.63) is 0 Å². The van der Waals surface area contributed by atoms with E-state index in [1.165, 1.54) is 19.3 Å². The minimum atomic E-state index is -0.00829. The van der Waals surface area contributed by atoms with Gasteiger partial charge < -0.3 is 10.2 Å². The average molecular weight is 264 g/mol. The van der Waals surface area contributed by atoms with Crippen LogP contribution in [0.4, 0.5) is 0 Å². The van der Waals surface area contributed by atoms with Crippen LogP contribution in [0.1, 0.15) is 52.4 Å². The molecule has 1 amide bonds. The van der Waals surface area contributed by atoms with Gasteiger partial charge in [-0.15, -0.1) is 0 Å². The molecule has 3 nitrogen and oxygen atoms in total. The van der Waals surface area contributed by atoms with Crippen LogP contribution in [0.15, 0.2) is 0 Å². The molecule has 108 valence electrons. The molecule has 0 spiro atoms. The molecule has 1 aliphatic carbocycles. The SMILES string of the molecule is CC(C)CC1(C(=O)N2CC[C@H]3CNC[C@H]32)CCCC1. The highest BCUT2D eigenvalue weighted by molar-refractivity contribution is 5.83. The molecule has 3 rings (SSSR count). The zero-order chi connectivity index (χ0) is 13.5. The van der Waals surface area contributed by atoms with Gasteiger partial charge in [0, 0.05) is 31.1 Å². The first-order valence-electron chi connectivity index (χ1n) is 8.14. The van der Waals surface area contributed by atoms with E-state index < -0.39 is 0 Å². The molecule has 3 fully saturated rings. The topological polar surface area (TPSA) is 32.3 Å². The third-order valence-corrected chi connectivity index (χ3v) is 5.52. The van der Waals surface area contributed by atoms with Gasteiger partial charge in [-0.1, -0.05) is 26.7 Å². The number of likely N-dealkylation sites (tertiary alicyclic amines) is 1.